The molecule has 1 unspecified atom stereocenters. The van der Waals surface area contributed by atoms with Crippen LogP contribution in [0.15, 0.2) is 0 Å². The lowest BCUT2D eigenvalue weighted by Crippen LogP contribution is -2.35. The molecule has 0 aromatic heterocycles. The van der Waals surface area contributed by atoms with Crippen molar-refractivity contribution in [3.8, 4) is 0 Å². The first kappa shape index (κ1) is 14.4. The zero-order valence-electron chi connectivity index (χ0n) is 10.3. The molecule has 0 rings (SSSR count). The van der Waals surface area contributed by atoms with Gasteiger partial charge in [-0.3, -0.25) is 4.79 Å². The Labute approximate surface area is 92.8 Å². The second-order valence-electron chi connectivity index (χ2n) is 4.02. The molecule has 0 radical (unpaired) electrons. The maximum absolute atomic E-state index is 11.4. The van der Waals surface area contributed by atoms with Gasteiger partial charge >= 0.3 is 0 Å². The van der Waals surface area contributed by atoms with E-state index in [4.69, 9.17) is 4.74 Å². The summed E-state index contributed by atoms with van der Waals surface area (Å²) < 4.78 is 5.37. The summed E-state index contributed by atoms with van der Waals surface area (Å²) in [5.74, 6) is 0.134. The molecular formula is C11H24N2O2. The Hall–Kier alpha value is -0.610. The van der Waals surface area contributed by atoms with E-state index < -0.39 is 0 Å². The Morgan fingerprint density at radius 1 is 1.33 bits per heavy atom. The van der Waals surface area contributed by atoms with Crippen LogP contribution in [0.3, 0.4) is 0 Å². The molecule has 0 aliphatic heterocycles. The maximum Gasteiger partial charge on any atom is 0.224 e. The summed E-state index contributed by atoms with van der Waals surface area (Å²) in [7, 11) is 1.85. The van der Waals surface area contributed by atoms with Gasteiger partial charge in [-0.1, -0.05) is 6.92 Å². The summed E-state index contributed by atoms with van der Waals surface area (Å²) in [6.45, 7) is 8.05. The Morgan fingerprint density at radius 3 is 2.53 bits per heavy atom. The normalized spacial score (nSPS) is 12.9. The molecule has 0 aromatic rings. The standard InChI is InChI=1S/C11H24N2O2/c1-9(2)15-7-5-6-13-11(14)10(3)8-12-4/h9-10,12H,5-8H2,1-4H3,(H,13,14). The summed E-state index contributed by atoms with van der Waals surface area (Å²) >= 11 is 0. The highest BCUT2D eigenvalue weighted by Gasteiger charge is 2.10. The minimum absolute atomic E-state index is 0.0287. The molecule has 4 nitrogen and oxygen atoms in total. The van der Waals surface area contributed by atoms with E-state index in [1.165, 1.54) is 0 Å². The van der Waals surface area contributed by atoms with Gasteiger partial charge in [-0.15, -0.1) is 0 Å². The van der Waals surface area contributed by atoms with E-state index in [-0.39, 0.29) is 17.9 Å². The van der Waals surface area contributed by atoms with Gasteiger partial charge in [0.25, 0.3) is 0 Å². The third kappa shape index (κ3) is 8.39. The van der Waals surface area contributed by atoms with Crippen LogP contribution in [-0.2, 0) is 9.53 Å². The van der Waals surface area contributed by atoms with Gasteiger partial charge in [0.05, 0.1) is 6.10 Å². The van der Waals surface area contributed by atoms with Crippen molar-refractivity contribution in [3.63, 3.8) is 0 Å². The molecule has 0 spiro atoms. The first-order valence-electron chi connectivity index (χ1n) is 5.61. The van der Waals surface area contributed by atoms with Crippen molar-refractivity contribution in [1.82, 2.24) is 10.6 Å². The van der Waals surface area contributed by atoms with Crippen molar-refractivity contribution < 1.29 is 9.53 Å². The number of amides is 1. The van der Waals surface area contributed by atoms with Gasteiger partial charge in [0, 0.05) is 25.6 Å². The number of rotatable bonds is 8. The van der Waals surface area contributed by atoms with Crippen molar-refractivity contribution in [2.45, 2.75) is 33.3 Å². The third-order valence-corrected chi connectivity index (χ3v) is 2.03. The number of carbonyl (C=O) groups is 1. The summed E-state index contributed by atoms with van der Waals surface area (Å²) in [6.07, 6.45) is 1.14. The third-order valence-electron chi connectivity index (χ3n) is 2.03. The van der Waals surface area contributed by atoms with Crippen molar-refractivity contribution in [1.29, 1.82) is 0 Å². The molecule has 2 N–H and O–H groups in total. The number of carbonyl (C=O) groups excluding carboxylic acids is 1. The van der Waals surface area contributed by atoms with E-state index in [1.54, 1.807) is 0 Å². The fraction of sp³-hybridized carbons (Fsp3) is 0.909. The van der Waals surface area contributed by atoms with Crippen molar-refractivity contribution >= 4 is 5.91 Å². The lowest BCUT2D eigenvalue weighted by atomic mass is 10.1. The highest BCUT2D eigenvalue weighted by Crippen LogP contribution is 1.93. The minimum Gasteiger partial charge on any atom is -0.379 e. The summed E-state index contributed by atoms with van der Waals surface area (Å²) in [4.78, 5) is 11.4. The van der Waals surface area contributed by atoms with Crippen molar-refractivity contribution in [2.75, 3.05) is 26.7 Å². The lowest BCUT2D eigenvalue weighted by Gasteiger charge is -2.12. The van der Waals surface area contributed by atoms with Crippen LogP contribution in [0.1, 0.15) is 27.2 Å². The molecule has 0 fully saturated rings. The van der Waals surface area contributed by atoms with E-state index in [1.807, 2.05) is 27.8 Å². The van der Waals surface area contributed by atoms with Crippen LogP contribution in [0.4, 0.5) is 0 Å². The molecule has 0 saturated carbocycles. The summed E-state index contributed by atoms with van der Waals surface area (Å²) in [6, 6.07) is 0. The van der Waals surface area contributed by atoms with Crippen LogP contribution in [0.5, 0.6) is 0 Å². The molecule has 0 bridgehead atoms. The first-order chi connectivity index (χ1) is 7.07. The second-order valence-corrected chi connectivity index (χ2v) is 4.02. The van der Waals surface area contributed by atoms with E-state index in [9.17, 15) is 4.79 Å². The Morgan fingerprint density at radius 2 is 2.00 bits per heavy atom. The van der Waals surface area contributed by atoms with Gasteiger partial charge < -0.3 is 15.4 Å². The lowest BCUT2D eigenvalue weighted by molar-refractivity contribution is -0.124. The number of hydrogen-bond donors (Lipinski definition) is 2. The van der Waals surface area contributed by atoms with Gasteiger partial charge in [-0.05, 0) is 27.3 Å². The fourth-order valence-electron chi connectivity index (χ4n) is 1.18. The average molecular weight is 216 g/mol. The van der Waals surface area contributed by atoms with Crippen LogP contribution in [0.2, 0.25) is 0 Å². The van der Waals surface area contributed by atoms with Gasteiger partial charge in [0.1, 0.15) is 0 Å². The van der Waals surface area contributed by atoms with Crippen LogP contribution >= 0.6 is 0 Å². The Kier molecular flexibility index (Phi) is 8.33. The molecule has 4 heteroatoms. The predicted molar refractivity (Wildman–Crippen MR) is 61.8 cm³/mol. The zero-order chi connectivity index (χ0) is 11.7. The molecular weight excluding hydrogens is 192 g/mol. The average Bonchev–Trinajstić information content (AvgIpc) is 2.16. The summed E-state index contributed by atoms with van der Waals surface area (Å²) in [5.41, 5.74) is 0. The van der Waals surface area contributed by atoms with Crippen LogP contribution in [0, 0.1) is 5.92 Å². The molecule has 0 heterocycles. The van der Waals surface area contributed by atoms with Crippen molar-refractivity contribution in [3.05, 3.63) is 0 Å². The molecule has 1 amide bonds. The minimum atomic E-state index is 0.0287. The van der Waals surface area contributed by atoms with E-state index in [0.29, 0.717) is 19.7 Å². The number of ether oxygens (including phenoxy) is 1. The first-order valence-corrected chi connectivity index (χ1v) is 5.61. The number of hydrogen-bond acceptors (Lipinski definition) is 3. The van der Waals surface area contributed by atoms with E-state index in [0.717, 1.165) is 6.42 Å². The molecule has 1 atom stereocenters. The molecule has 0 saturated heterocycles. The molecule has 0 aliphatic rings. The predicted octanol–water partition coefficient (Wildman–Crippen LogP) is 0.773. The van der Waals surface area contributed by atoms with Gasteiger partial charge in [0.2, 0.25) is 5.91 Å². The molecule has 15 heavy (non-hydrogen) atoms. The molecule has 90 valence electrons. The van der Waals surface area contributed by atoms with Gasteiger partial charge in [-0.2, -0.15) is 0 Å². The van der Waals surface area contributed by atoms with Crippen LogP contribution < -0.4 is 10.6 Å². The van der Waals surface area contributed by atoms with Gasteiger partial charge in [0.15, 0.2) is 0 Å². The highest BCUT2D eigenvalue weighted by molar-refractivity contribution is 5.78. The van der Waals surface area contributed by atoms with E-state index in [2.05, 4.69) is 10.6 Å². The highest BCUT2D eigenvalue weighted by atomic mass is 16.5. The smallest absolute Gasteiger partial charge is 0.224 e. The summed E-state index contributed by atoms with van der Waals surface area (Å²) in [5, 5.41) is 5.86. The van der Waals surface area contributed by atoms with Crippen LogP contribution in [0.25, 0.3) is 0 Å². The molecule has 0 aliphatic carbocycles. The topological polar surface area (TPSA) is 50.4 Å². The Balaban J connectivity index is 3.38. The Bertz CT molecular complexity index is 172. The van der Waals surface area contributed by atoms with Crippen molar-refractivity contribution in [2.24, 2.45) is 5.92 Å². The monoisotopic (exact) mass is 216 g/mol. The van der Waals surface area contributed by atoms with Crippen LogP contribution in [-0.4, -0.2) is 38.8 Å². The van der Waals surface area contributed by atoms with E-state index >= 15 is 0 Å². The molecule has 0 aromatic carbocycles. The fourth-order valence-corrected chi connectivity index (χ4v) is 1.18. The maximum atomic E-state index is 11.4. The zero-order valence-corrected chi connectivity index (χ0v) is 10.3. The largest absolute Gasteiger partial charge is 0.379 e. The quantitative estimate of drug-likeness (QED) is 0.589. The number of nitrogens with one attached hydrogen (secondary N) is 2. The van der Waals surface area contributed by atoms with Gasteiger partial charge in [-0.25, -0.2) is 0 Å². The second kappa shape index (κ2) is 8.68. The SMILES string of the molecule is CNCC(C)C(=O)NCCCOC(C)C.